The number of nitrogens with zero attached hydrogens (tertiary/aromatic N) is 3. The molecule has 0 aliphatic heterocycles. The fourth-order valence-electron chi connectivity index (χ4n) is 1.29. The van der Waals surface area contributed by atoms with E-state index in [-0.39, 0.29) is 0 Å². The van der Waals surface area contributed by atoms with Crippen LogP contribution in [0, 0.1) is 6.92 Å². The summed E-state index contributed by atoms with van der Waals surface area (Å²) >= 11 is 0. The highest BCUT2D eigenvalue weighted by molar-refractivity contribution is 5.18. The van der Waals surface area contributed by atoms with Crippen molar-refractivity contribution in [3.63, 3.8) is 0 Å². The minimum Gasteiger partial charge on any atom is -0.389 e. The molecule has 0 spiro atoms. The Bertz CT molecular complexity index is 310. The fraction of sp³-hybridized carbons (Fsp3) is 0.600. The molecule has 4 nitrogen and oxygen atoms in total. The largest absolute Gasteiger partial charge is 0.389 e. The Balaban J connectivity index is 2.89. The van der Waals surface area contributed by atoms with E-state index >= 15 is 0 Å². The van der Waals surface area contributed by atoms with Crippen molar-refractivity contribution in [1.29, 1.82) is 0 Å². The van der Waals surface area contributed by atoms with Crippen LogP contribution in [0.25, 0.3) is 0 Å². The summed E-state index contributed by atoms with van der Waals surface area (Å²) in [5, 5.41) is 9.39. The Morgan fingerprint density at radius 1 is 1.50 bits per heavy atom. The highest BCUT2D eigenvalue weighted by Gasteiger charge is 2.08. The van der Waals surface area contributed by atoms with E-state index in [9.17, 15) is 5.11 Å². The summed E-state index contributed by atoms with van der Waals surface area (Å²) < 4.78 is 0. The molecule has 14 heavy (non-hydrogen) atoms. The normalized spacial score (nSPS) is 13.3. The summed E-state index contributed by atoms with van der Waals surface area (Å²) in [6.07, 6.45) is 1.20. The van der Waals surface area contributed by atoms with Gasteiger partial charge in [-0.2, -0.15) is 0 Å². The van der Waals surface area contributed by atoms with E-state index < -0.39 is 6.10 Å². The van der Waals surface area contributed by atoms with Gasteiger partial charge in [-0.25, -0.2) is 9.97 Å². The topological polar surface area (TPSA) is 49.2 Å². The van der Waals surface area contributed by atoms with Gasteiger partial charge in [0.25, 0.3) is 0 Å². The van der Waals surface area contributed by atoms with Crippen LogP contribution in [0.2, 0.25) is 0 Å². The lowest BCUT2D eigenvalue weighted by Crippen LogP contribution is -2.14. The van der Waals surface area contributed by atoms with Crippen molar-refractivity contribution in [3.8, 4) is 0 Å². The van der Waals surface area contributed by atoms with E-state index in [1.54, 1.807) is 13.1 Å². The first-order chi connectivity index (χ1) is 6.50. The molecule has 4 heteroatoms. The Kier molecular flexibility index (Phi) is 3.55. The number of aryl methyl sites for hydroxylation is 1. The maximum atomic E-state index is 9.39. The van der Waals surface area contributed by atoms with Crippen molar-refractivity contribution in [2.45, 2.75) is 26.5 Å². The van der Waals surface area contributed by atoms with Crippen LogP contribution in [0.3, 0.4) is 0 Å². The summed E-state index contributed by atoms with van der Waals surface area (Å²) in [6.45, 7) is 4.33. The van der Waals surface area contributed by atoms with Crippen LogP contribution in [0.4, 0.5) is 0 Å². The average molecular weight is 195 g/mol. The van der Waals surface area contributed by atoms with E-state index in [0.29, 0.717) is 0 Å². The third-order valence-electron chi connectivity index (χ3n) is 1.97. The smallest absolute Gasteiger partial charge is 0.142 e. The van der Waals surface area contributed by atoms with Crippen molar-refractivity contribution in [2.75, 3.05) is 14.1 Å². The molecule has 0 saturated heterocycles. The number of rotatable bonds is 3. The number of aromatic nitrogens is 2. The predicted octanol–water partition coefficient (Wildman–Crippen LogP) is 0.900. The molecule has 1 aromatic rings. The van der Waals surface area contributed by atoms with E-state index in [4.69, 9.17) is 0 Å². The third kappa shape index (κ3) is 2.75. The van der Waals surface area contributed by atoms with Crippen LogP contribution in [-0.4, -0.2) is 34.1 Å². The summed E-state index contributed by atoms with van der Waals surface area (Å²) in [5.41, 5.74) is 1.65. The number of aliphatic hydroxyl groups excluding tert-OH is 1. The molecule has 0 fully saturated rings. The summed E-state index contributed by atoms with van der Waals surface area (Å²) in [7, 11) is 3.95. The molecule has 0 amide bonds. The van der Waals surface area contributed by atoms with Gasteiger partial charge in [0, 0.05) is 17.5 Å². The minimum atomic E-state index is -0.497. The van der Waals surface area contributed by atoms with Gasteiger partial charge in [-0.05, 0) is 27.9 Å². The summed E-state index contributed by atoms with van der Waals surface area (Å²) in [5.74, 6) is 0.789. The molecule has 1 atom stereocenters. The molecule has 0 bridgehead atoms. The molecule has 78 valence electrons. The standard InChI is InChI=1S/C10H17N3O/c1-7-9(8(2)14)5-11-10(12-7)6-13(3)4/h5,8,14H,6H2,1-4H3/t8-/m1/s1. The number of hydrogen-bond acceptors (Lipinski definition) is 4. The van der Waals surface area contributed by atoms with E-state index in [1.165, 1.54) is 0 Å². The van der Waals surface area contributed by atoms with Gasteiger partial charge in [0.1, 0.15) is 5.82 Å². The Morgan fingerprint density at radius 2 is 2.14 bits per heavy atom. The molecule has 1 aromatic heterocycles. The second-order valence-corrected chi connectivity index (χ2v) is 3.74. The quantitative estimate of drug-likeness (QED) is 0.778. The maximum absolute atomic E-state index is 9.39. The third-order valence-corrected chi connectivity index (χ3v) is 1.97. The van der Waals surface area contributed by atoms with Crippen molar-refractivity contribution < 1.29 is 5.11 Å². The lowest BCUT2D eigenvalue weighted by molar-refractivity contribution is 0.197. The van der Waals surface area contributed by atoms with Crippen molar-refractivity contribution in [3.05, 3.63) is 23.3 Å². The molecule has 0 saturated carbocycles. The molecule has 1 heterocycles. The molecule has 1 N–H and O–H groups in total. The van der Waals surface area contributed by atoms with Gasteiger partial charge in [-0.3, -0.25) is 0 Å². The molecule has 0 unspecified atom stereocenters. The van der Waals surface area contributed by atoms with Crippen LogP contribution in [0.1, 0.15) is 30.1 Å². The van der Waals surface area contributed by atoms with Crippen molar-refractivity contribution >= 4 is 0 Å². The van der Waals surface area contributed by atoms with Crippen molar-refractivity contribution in [2.24, 2.45) is 0 Å². The lowest BCUT2D eigenvalue weighted by Gasteiger charge is -2.11. The van der Waals surface area contributed by atoms with Gasteiger partial charge in [-0.1, -0.05) is 0 Å². The van der Waals surface area contributed by atoms with E-state index in [0.717, 1.165) is 23.6 Å². The monoisotopic (exact) mass is 195 g/mol. The highest BCUT2D eigenvalue weighted by atomic mass is 16.3. The zero-order valence-electron chi connectivity index (χ0n) is 9.15. The maximum Gasteiger partial charge on any atom is 0.142 e. The molecular formula is C10H17N3O. The molecule has 0 aliphatic carbocycles. The van der Waals surface area contributed by atoms with E-state index in [1.807, 2.05) is 25.9 Å². The van der Waals surface area contributed by atoms with Crippen LogP contribution < -0.4 is 0 Å². The van der Waals surface area contributed by atoms with E-state index in [2.05, 4.69) is 9.97 Å². The zero-order chi connectivity index (χ0) is 10.7. The predicted molar refractivity (Wildman–Crippen MR) is 54.8 cm³/mol. The van der Waals surface area contributed by atoms with Crippen molar-refractivity contribution in [1.82, 2.24) is 14.9 Å². The van der Waals surface area contributed by atoms with Crippen LogP contribution >= 0.6 is 0 Å². The fourth-order valence-corrected chi connectivity index (χ4v) is 1.29. The number of aliphatic hydroxyl groups is 1. The Hall–Kier alpha value is -1.00. The minimum absolute atomic E-state index is 0.497. The van der Waals surface area contributed by atoms with Crippen LogP contribution in [0.5, 0.6) is 0 Å². The lowest BCUT2D eigenvalue weighted by atomic mass is 10.1. The highest BCUT2D eigenvalue weighted by Crippen LogP contribution is 2.13. The first-order valence-electron chi connectivity index (χ1n) is 4.66. The average Bonchev–Trinajstić information content (AvgIpc) is 2.01. The second kappa shape index (κ2) is 4.48. The Labute approximate surface area is 84.6 Å². The van der Waals surface area contributed by atoms with Gasteiger partial charge >= 0.3 is 0 Å². The Morgan fingerprint density at radius 3 is 2.57 bits per heavy atom. The summed E-state index contributed by atoms with van der Waals surface area (Å²) in [6, 6.07) is 0. The van der Waals surface area contributed by atoms with Gasteiger partial charge in [0.2, 0.25) is 0 Å². The van der Waals surface area contributed by atoms with Gasteiger partial charge in [-0.15, -0.1) is 0 Å². The second-order valence-electron chi connectivity index (χ2n) is 3.74. The molecule has 1 rings (SSSR count). The van der Waals surface area contributed by atoms with Gasteiger partial charge in [0.15, 0.2) is 0 Å². The zero-order valence-corrected chi connectivity index (χ0v) is 9.15. The first-order valence-corrected chi connectivity index (χ1v) is 4.66. The molecule has 0 aliphatic rings. The van der Waals surface area contributed by atoms with Crippen LogP contribution in [-0.2, 0) is 6.54 Å². The first kappa shape index (κ1) is 11.1. The summed E-state index contributed by atoms with van der Waals surface area (Å²) in [4.78, 5) is 10.5. The molecule has 0 radical (unpaired) electrons. The van der Waals surface area contributed by atoms with Crippen LogP contribution in [0.15, 0.2) is 6.20 Å². The molecular weight excluding hydrogens is 178 g/mol. The molecule has 0 aromatic carbocycles. The van der Waals surface area contributed by atoms with Gasteiger partial charge < -0.3 is 10.0 Å². The SMILES string of the molecule is Cc1nc(CN(C)C)ncc1[C@@H](C)O. The van der Waals surface area contributed by atoms with Gasteiger partial charge in [0.05, 0.1) is 12.6 Å². The number of hydrogen-bond donors (Lipinski definition) is 1.